The highest BCUT2D eigenvalue weighted by atomic mass is 35.5. The monoisotopic (exact) mass is 309 g/mol. The van der Waals surface area contributed by atoms with Crippen LogP contribution in [0.4, 0.5) is 4.79 Å². The standard InChI is InChI=1S/C16H24ClN3O/c1-2-7-18-16(21)20-11-9-19(10-12-20)8-6-14-4-3-5-15(17)13-14/h3-5,13H,2,6-12H2,1H3,(H,18,21). The highest BCUT2D eigenvalue weighted by Gasteiger charge is 2.20. The van der Waals surface area contributed by atoms with Gasteiger partial charge < -0.3 is 10.2 Å². The maximum Gasteiger partial charge on any atom is 0.317 e. The molecule has 0 atom stereocenters. The minimum absolute atomic E-state index is 0.0753. The lowest BCUT2D eigenvalue weighted by Crippen LogP contribution is -2.52. The average Bonchev–Trinajstić information content (AvgIpc) is 2.51. The van der Waals surface area contributed by atoms with Gasteiger partial charge in [-0.15, -0.1) is 0 Å². The Kier molecular flexibility index (Phi) is 6.33. The summed E-state index contributed by atoms with van der Waals surface area (Å²) in [5.74, 6) is 0. The number of nitrogens with zero attached hydrogens (tertiary/aromatic N) is 2. The zero-order valence-corrected chi connectivity index (χ0v) is 13.4. The summed E-state index contributed by atoms with van der Waals surface area (Å²) in [6.45, 7) is 7.35. The fraction of sp³-hybridized carbons (Fsp3) is 0.562. The van der Waals surface area contributed by atoms with Gasteiger partial charge in [-0.3, -0.25) is 4.90 Å². The Morgan fingerprint density at radius 2 is 2.05 bits per heavy atom. The molecule has 21 heavy (non-hydrogen) atoms. The van der Waals surface area contributed by atoms with E-state index in [4.69, 9.17) is 11.6 Å². The van der Waals surface area contributed by atoms with Gasteiger partial charge in [0.2, 0.25) is 0 Å². The summed E-state index contributed by atoms with van der Waals surface area (Å²) in [5, 5.41) is 3.73. The van der Waals surface area contributed by atoms with E-state index in [1.54, 1.807) is 0 Å². The first-order valence-corrected chi connectivity index (χ1v) is 8.06. The summed E-state index contributed by atoms with van der Waals surface area (Å²) >= 11 is 6.00. The van der Waals surface area contributed by atoms with Gasteiger partial charge in [0.05, 0.1) is 0 Å². The summed E-state index contributed by atoms with van der Waals surface area (Å²) in [6, 6.07) is 8.11. The number of carbonyl (C=O) groups is 1. The van der Waals surface area contributed by atoms with Crippen LogP contribution < -0.4 is 5.32 Å². The van der Waals surface area contributed by atoms with Gasteiger partial charge in [0.25, 0.3) is 0 Å². The molecule has 1 heterocycles. The maximum absolute atomic E-state index is 11.9. The molecule has 5 heteroatoms. The number of carbonyl (C=O) groups excluding carboxylic acids is 1. The van der Waals surface area contributed by atoms with Crippen molar-refractivity contribution in [3.63, 3.8) is 0 Å². The molecule has 0 spiro atoms. The number of nitrogens with one attached hydrogen (secondary N) is 1. The molecule has 0 aliphatic carbocycles. The van der Waals surface area contributed by atoms with E-state index in [9.17, 15) is 4.79 Å². The van der Waals surface area contributed by atoms with E-state index in [1.807, 2.05) is 23.1 Å². The van der Waals surface area contributed by atoms with E-state index in [2.05, 4.69) is 23.2 Å². The molecule has 0 saturated carbocycles. The molecular formula is C16H24ClN3O. The highest BCUT2D eigenvalue weighted by Crippen LogP contribution is 2.12. The molecule has 1 aliphatic heterocycles. The smallest absolute Gasteiger partial charge is 0.317 e. The van der Waals surface area contributed by atoms with E-state index in [0.29, 0.717) is 0 Å². The van der Waals surface area contributed by atoms with Crippen molar-refractivity contribution in [2.24, 2.45) is 0 Å². The summed E-state index contributed by atoms with van der Waals surface area (Å²) < 4.78 is 0. The van der Waals surface area contributed by atoms with E-state index in [-0.39, 0.29) is 6.03 Å². The Bertz CT molecular complexity index is 459. The molecule has 0 radical (unpaired) electrons. The first-order chi connectivity index (χ1) is 10.2. The number of urea groups is 1. The number of piperazine rings is 1. The highest BCUT2D eigenvalue weighted by molar-refractivity contribution is 6.30. The number of hydrogen-bond acceptors (Lipinski definition) is 2. The van der Waals surface area contributed by atoms with Crippen LogP contribution in [0.15, 0.2) is 24.3 Å². The maximum atomic E-state index is 11.9. The second-order valence-corrected chi connectivity index (χ2v) is 5.88. The van der Waals surface area contributed by atoms with Crippen LogP contribution >= 0.6 is 11.6 Å². The Balaban J connectivity index is 1.70. The van der Waals surface area contributed by atoms with Gasteiger partial charge in [0, 0.05) is 44.3 Å². The van der Waals surface area contributed by atoms with Gasteiger partial charge in [0.15, 0.2) is 0 Å². The minimum Gasteiger partial charge on any atom is -0.338 e. The lowest BCUT2D eigenvalue weighted by molar-refractivity contribution is 0.140. The third-order valence-corrected chi connectivity index (χ3v) is 4.03. The second-order valence-electron chi connectivity index (χ2n) is 5.44. The fourth-order valence-corrected chi connectivity index (χ4v) is 2.71. The molecular weight excluding hydrogens is 286 g/mol. The van der Waals surface area contributed by atoms with Gasteiger partial charge in [0.1, 0.15) is 0 Å². The fourth-order valence-electron chi connectivity index (χ4n) is 2.50. The molecule has 1 fully saturated rings. The Hall–Kier alpha value is -1.26. The van der Waals surface area contributed by atoms with E-state index < -0.39 is 0 Å². The van der Waals surface area contributed by atoms with E-state index in [0.717, 1.165) is 57.1 Å². The molecule has 0 bridgehead atoms. The topological polar surface area (TPSA) is 35.6 Å². The zero-order chi connectivity index (χ0) is 15.1. The quantitative estimate of drug-likeness (QED) is 0.907. The van der Waals surface area contributed by atoms with Crippen molar-refractivity contribution in [3.8, 4) is 0 Å². The van der Waals surface area contributed by atoms with Crippen LogP contribution in [0.2, 0.25) is 5.02 Å². The van der Waals surface area contributed by atoms with Crippen molar-refractivity contribution < 1.29 is 4.79 Å². The van der Waals surface area contributed by atoms with Gasteiger partial charge in [-0.2, -0.15) is 0 Å². The minimum atomic E-state index is 0.0753. The number of benzene rings is 1. The predicted molar refractivity (Wildman–Crippen MR) is 86.9 cm³/mol. The Morgan fingerprint density at radius 3 is 2.71 bits per heavy atom. The molecule has 1 N–H and O–H groups in total. The van der Waals surface area contributed by atoms with Gasteiger partial charge in [-0.25, -0.2) is 4.79 Å². The normalized spacial score (nSPS) is 16.0. The van der Waals surface area contributed by atoms with Crippen molar-refractivity contribution >= 4 is 17.6 Å². The molecule has 116 valence electrons. The van der Waals surface area contributed by atoms with E-state index in [1.165, 1.54) is 5.56 Å². The van der Waals surface area contributed by atoms with Crippen LogP contribution in [-0.4, -0.2) is 55.1 Å². The zero-order valence-electron chi connectivity index (χ0n) is 12.6. The molecule has 1 saturated heterocycles. The first-order valence-electron chi connectivity index (χ1n) is 7.68. The van der Waals surface area contributed by atoms with Gasteiger partial charge >= 0.3 is 6.03 Å². The van der Waals surface area contributed by atoms with Crippen LogP contribution in [-0.2, 0) is 6.42 Å². The van der Waals surface area contributed by atoms with Crippen molar-refractivity contribution in [2.45, 2.75) is 19.8 Å². The van der Waals surface area contributed by atoms with Gasteiger partial charge in [-0.05, 0) is 30.5 Å². The summed E-state index contributed by atoms with van der Waals surface area (Å²) in [5.41, 5.74) is 1.27. The average molecular weight is 310 g/mol. The van der Waals surface area contributed by atoms with Crippen molar-refractivity contribution in [2.75, 3.05) is 39.3 Å². The third-order valence-electron chi connectivity index (χ3n) is 3.79. The van der Waals surface area contributed by atoms with Crippen molar-refractivity contribution in [3.05, 3.63) is 34.9 Å². The summed E-state index contributed by atoms with van der Waals surface area (Å²) in [6.07, 6.45) is 1.98. The first kappa shape index (κ1) is 16.1. The lowest BCUT2D eigenvalue weighted by Gasteiger charge is -2.34. The van der Waals surface area contributed by atoms with Crippen LogP contribution in [0.5, 0.6) is 0 Å². The largest absolute Gasteiger partial charge is 0.338 e. The summed E-state index contributed by atoms with van der Waals surface area (Å²) in [4.78, 5) is 16.2. The number of hydrogen-bond donors (Lipinski definition) is 1. The van der Waals surface area contributed by atoms with Gasteiger partial charge in [-0.1, -0.05) is 30.7 Å². The van der Waals surface area contributed by atoms with Crippen LogP contribution in [0.1, 0.15) is 18.9 Å². The van der Waals surface area contributed by atoms with Crippen molar-refractivity contribution in [1.82, 2.24) is 15.1 Å². The Morgan fingerprint density at radius 1 is 1.29 bits per heavy atom. The molecule has 0 aromatic heterocycles. The number of amides is 2. The third kappa shape index (κ3) is 5.21. The number of halogens is 1. The predicted octanol–water partition coefficient (Wildman–Crippen LogP) is 2.62. The molecule has 0 unspecified atom stereocenters. The van der Waals surface area contributed by atoms with Crippen LogP contribution in [0.25, 0.3) is 0 Å². The molecule has 2 rings (SSSR count). The van der Waals surface area contributed by atoms with E-state index >= 15 is 0 Å². The molecule has 1 aromatic rings. The molecule has 1 aliphatic rings. The lowest BCUT2D eigenvalue weighted by atomic mass is 10.1. The molecule has 2 amide bonds. The molecule has 1 aromatic carbocycles. The Labute approximate surface area is 132 Å². The van der Waals surface area contributed by atoms with Crippen molar-refractivity contribution in [1.29, 1.82) is 0 Å². The SMILES string of the molecule is CCCNC(=O)N1CCN(CCc2cccc(Cl)c2)CC1. The second kappa shape index (κ2) is 8.25. The van der Waals surface area contributed by atoms with Crippen LogP contribution in [0.3, 0.4) is 0 Å². The number of rotatable bonds is 5. The summed E-state index contributed by atoms with van der Waals surface area (Å²) in [7, 11) is 0. The molecule has 4 nitrogen and oxygen atoms in total. The van der Waals surface area contributed by atoms with Crippen LogP contribution in [0, 0.1) is 0 Å².